The van der Waals surface area contributed by atoms with Gasteiger partial charge in [-0.3, -0.25) is 9.79 Å². The Morgan fingerprint density at radius 3 is 2.73 bits per heavy atom. The number of carbonyl (C=O) groups excluding carboxylic acids is 1. The lowest BCUT2D eigenvalue weighted by atomic mass is 9.99. The molecule has 0 bridgehead atoms. The third-order valence-corrected chi connectivity index (χ3v) is 5.76. The lowest BCUT2D eigenvalue weighted by molar-refractivity contribution is -0.131. The monoisotopic (exact) mass is 405 g/mol. The maximum Gasteiger partial charge on any atom is 0.223 e. The van der Waals surface area contributed by atoms with E-state index in [1.54, 1.807) is 20.6 Å². The molecule has 1 atom stereocenters. The Labute approximate surface area is 177 Å². The Bertz CT molecular complexity index is 984. The van der Waals surface area contributed by atoms with Crippen molar-refractivity contribution in [3.8, 4) is 22.6 Å². The molecule has 4 rings (SSSR count). The zero-order valence-corrected chi connectivity index (χ0v) is 17.5. The minimum absolute atomic E-state index is 0.211. The number of benzene rings is 2. The van der Waals surface area contributed by atoms with Crippen molar-refractivity contribution in [3.63, 3.8) is 0 Å². The molecule has 0 spiro atoms. The molecule has 0 saturated heterocycles. The van der Waals surface area contributed by atoms with Gasteiger partial charge in [0.1, 0.15) is 17.8 Å². The summed E-state index contributed by atoms with van der Waals surface area (Å²) in [5, 5.41) is 0. The van der Waals surface area contributed by atoms with Crippen LogP contribution in [0.2, 0.25) is 0 Å². The predicted molar refractivity (Wildman–Crippen MR) is 118 cm³/mol. The van der Waals surface area contributed by atoms with Gasteiger partial charge in [0.05, 0.1) is 20.3 Å². The molecule has 6 heteroatoms. The first-order valence-electron chi connectivity index (χ1n) is 10.3. The summed E-state index contributed by atoms with van der Waals surface area (Å²) in [4.78, 5) is 23.0. The number of rotatable bonds is 7. The summed E-state index contributed by atoms with van der Waals surface area (Å²) in [7, 11) is 3.31. The van der Waals surface area contributed by atoms with Crippen LogP contribution < -0.4 is 9.47 Å². The van der Waals surface area contributed by atoms with Crippen LogP contribution in [0.3, 0.4) is 0 Å². The molecule has 2 aliphatic heterocycles. The summed E-state index contributed by atoms with van der Waals surface area (Å²) in [5.74, 6) is 1.75. The quantitative estimate of drug-likeness (QED) is 0.692. The summed E-state index contributed by atoms with van der Waals surface area (Å²) < 4.78 is 10.8. The first-order valence-corrected chi connectivity index (χ1v) is 10.3. The standard InChI is InChI=1S/C24H27N3O3/c1-29-21-8-9-22(23(13-21)30-2)17-6-7-18-14-27(15-19(18)12-17)24(28)5-3-4-20-10-11-25-16-26-20/h6-9,11-13,16,20H,3-5,10,14-15H2,1-2H3. The van der Waals surface area contributed by atoms with E-state index in [0.717, 1.165) is 41.9 Å². The fourth-order valence-corrected chi connectivity index (χ4v) is 4.04. The molecule has 2 aliphatic rings. The molecule has 2 aromatic rings. The van der Waals surface area contributed by atoms with E-state index in [2.05, 4.69) is 28.2 Å². The smallest absolute Gasteiger partial charge is 0.223 e. The van der Waals surface area contributed by atoms with Crippen molar-refractivity contribution < 1.29 is 14.3 Å². The van der Waals surface area contributed by atoms with Gasteiger partial charge in [-0.05, 0) is 47.7 Å². The van der Waals surface area contributed by atoms with Gasteiger partial charge >= 0.3 is 0 Å². The highest BCUT2D eigenvalue weighted by Crippen LogP contribution is 2.36. The van der Waals surface area contributed by atoms with Gasteiger partial charge in [-0.2, -0.15) is 0 Å². The van der Waals surface area contributed by atoms with Crippen LogP contribution in [-0.2, 0) is 17.9 Å². The van der Waals surface area contributed by atoms with Crippen molar-refractivity contribution in [1.82, 2.24) is 4.90 Å². The van der Waals surface area contributed by atoms with Gasteiger partial charge in [-0.1, -0.05) is 12.1 Å². The Morgan fingerprint density at radius 1 is 1.10 bits per heavy atom. The van der Waals surface area contributed by atoms with E-state index in [1.165, 1.54) is 11.1 Å². The molecular formula is C24H27N3O3. The summed E-state index contributed by atoms with van der Waals surface area (Å²) in [5.41, 5.74) is 4.52. The highest BCUT2D eigenvalue weighted by molar-refractivity contribution is 5.78. The second kappa shape index (κ2) is 9.11. The number of hydrogen-bond acceptors (Lipinski definition) is 5. The van der Waals surface area contributed by atoms with Gasteiger partial charge in [0.15, 0.2) is 0 Å². The van der Waals surface area contributed by atoms with E-state index in [9.17, 15) is 4.79 Å². The normalized spacial score (nSPS) is 17.1. The highest BCUT2D eigenvalue weighted by atomic mass is 16.5. The minimum Gasteiger partial charge on any atom is -0.497 e. The molecule has 0 aliphatic carbocycles. The third-order valence-electron chi connectivity index (χ3n) is 5.76. The van der Waals surface area contributed by atoms with Gasteiger partial charge in [0, 0.05) is 43.8 Å². The minimum atomic E-state index is 0.211. The summed E-state index contributed by atoms with van der Waals surface area (Å²) in [6.07, 6.45) is 6.73. The van der Waals surface area contributed by atoms with Gasteiger partial charge in [0.2, 0.25) is 5.91 Å². The van der Waals surface area contributed by atoms with Crippen molar-refractivity contribution in [2.24, 2.45) is 9.98 Å². The van der Waals surface area contributed by atoms with E-state index < -0.39 is 0 Å². The molecule has 2 heterocycles. The fourth-order valence-electron chi connectivity index (χ4n) is 4.04. The van der Waals surface area contributed by atoms with Gasteiger partial charge in [-0.15, -0.1) is 0 Å². The van der Waals surface area contributed by atoms with Crippen LogP contribution in [-0.4, -0.2) is 43.6 Å². The SMILES string of the molecule is COc1ccc(-c2ccc3c(c2)CN(C(=O)CCCC2CC=NC=N2)C3)c(OC)c1. The largest absolute Gasteiger partial charge is 0.497 e. The number of aliphatic imine (C=N–C) groups is 2. The van der Waals surface area contributed by atoms with Crippen molar-refractivity contribution in [3.05, 3.63) is 47.5 Å². The molecule has 0 N–H and O–H groups in total. The van der Waals surface area contributed by atoms with Crippen LogP contribution in [0.25, 0.3) is 11.1 Å². The second-order valence-corrected chi connectivity index (χ2v) is 7.68. The van der Waals surface area contributed by atoms with Crippen LogP contribution in [0.5, 0.6) is 11.5 Å². The number of methoxy groups -OCH3 is 2. The predicted octanol–water partition coefficient (Wildman–Crippen LogP) is 4.25. The number of amides is 1. The molecule has 156 valence electrons. The average Bonchev–Trinajstić information content (AvgIpc) is 3.23. The first kappa shape index (κ1) is 20.1. The fraction of sp³-hybridized carbons (Fsp3) is 0.375. The van der Waals surface area contributed by atoms with Gasteiger partial charge in [-0.25, -0.2) is 4.99 Å². The number of ether oxygens (including phenoxy) is 2. The number of carbonyl (C=O) groups is 1. The summed E-state index contributed by atoms with van der Waals surface area (Å²) >= 11 is 0. The van der Waals surface area contributed by atoms with Crippen LogP contribution in [0.15, 0.2) is 46.4 Å². The summed E-state index contributed by atoms with van der Waals surface area (Å²) in [6.45, 7) is 1.34. The zero-order chi connectivity index (χ0) is 20.9. The Hall–Kier alpha value is -3.15. The second-order valence-electron chi connectivity index (χ2n) is 7.68. The van der Waals surface area contributed by atoms with Crippen molar-refractivity contribution in [1.29, 1.82) is 0 Å². The average molecular weight is 405 g/mol. The van der Waals surface area contributed by atoms with Crippen molar-refractivity contribution in [2.45, 2.75) is 44.8 Å². The highest BCUT2D eigenvalue weighted by Gasteiger charge is 2.24. The molecule has 0 radical (unpaired) electrons. The zero-order valence-electron chi connectivity index (χ0n) is 17.5. The van der Waals surface area contributed by atoms with Crippen LogP contribution >= 0.6 is 0 Å². The van der Waals surface area contributed by atoms with E-state index in [0.29, 0.717) is 19.5 Å². The number of nitrogens with zero attached hydrogens (tertiary/aromatic N) is 3. The topological polar surface area (TPSA) is 63.5 Å². The molecule has 30 heavy (non-hydrogen) atoms. The first-order chi connectivity index (χ1) is 14.7. The van der Waals surface area contributed by atoms with Crippen LogP contribution in [0.1, 0.15) is 36.8 Å². The van der Waals surface area contributed by atoms with E-state index in [4.69, 9.17) is 9.47 Å². The Balaban J connectivity index is 1.39. The maximum absolute atomic E-state index is 12.7. The van der Waals surface area contributed by atoms with Gasteiger partial charge < -0.3 is 14.4 Å². The molecule has 1 amide bonds. The lowest BCUT2D eigenvalue weighted by Crippen LogP contribution is -2.25. The van der Waals surface area contributed by atoms with Crippen LogP contribution in [0, 0.1) is 0 Å². The molecule has 1 unspecified atom stereocenters. The molecular weight excluding hydrogens is 378 g/mol. The summed E-state index contributed by atoms with van der Waals surface area (Å²) in [6, 6.07) is 12.5. The van der Waals surface area contributed by atoms with Gasteiger partial charge in [0.25, 0.3) is 0 Å². The van der Waals surface area contributed by atoms with E-state index in [-0.39, 0.29) is 11.9 Å². The molecule has 2 aromatic carbocycles. The van der Waals surface area contributed by atoms with Crippen LogP contribution in [0.4, 0.5) is 0 Å². The Morgan fingerprint density at radius 2 is 1.97 bits per heavy atom. The molecule has 0 fully saturated rings. The maximum atomic E-state index is 12.7. The number of hydrogen-bond donors (Lipinski definition) is 0. The number of fused-ring (bicyclic) bond motifs is 1. The lowest BCUT2D eigenvalue weighted by Gasteiger charge is -2.16. The molecule has 6 nitrogen and oxygen atoms in total. The van der Waals surface area contributed by atoms with Crippen molar-refractivity contribution in [2.75, 3.05) is 14.2 Å². The molecule has 0 saturated carbocycles. The Kier molecular flexibility index (Phi) is 6.12. The molecule has 0 aromatic heterocycles. The van der Waals surface area contributed by atoms with E-state index >= 15 is 0 Å². The van der Waals surface area contributed by atoms with E-state index in [1.807, 2.05) is 29.3 Å². The van der Waals surface area contributed by atoms with Crippen molar-refractivity contribution >= 4 is 18.5 Å². The third kappa shape index (κ3) is 4.37.